The summed E-state index contributed by atoms with van der Waals surface area (Å²) >= 11 is 0. The Labute approximate surface area is 152 Å². The average molecular weight is 347 g/mol. The maximum atomic E-state index is 11.9. The zero-order valence-corrected chi connectivity index (χ0v) is 14.3. The molecule has 132 valence electrons. The summed E-state index contributed by atoms with van der Waals surface area (Å²) in [5, 5.41) is 12.7. The maximum absolute atomic E-state index is 11.9. The minimum Gasteiger partial charge on any atom is -0.391 e. The van der Waals surface area contributed by atoms with Crippen LogP contribution in [0, 0.1) is 0 Å². The molecule has 2 N–H and O–H groups in total. The van der Waals surface area contributed by atoms with Crippen molar-refractivity contribution < 1.29 is 9.90 Å². The molecule has 26 heavy (non-hydrogen) atoms. The van der Waals surface area contributed by atoms with Crippen molar-refractivity contribution in [3.8, 4) is 5.69 Å². The van der Waals surface area contributed by atoms with Gasteiger partial charge in [0, 0.05) is 37.1 Å². The highest BCUT2D eigenvalue weighted by Gasteiger charge is 2.06. The predicted molar refractivity (Wildman–Crippen MR) is 102 cm³/mol. The van der Waals surface area contributed by atoms with E-state index in [1.54, 1.807) is 18.6 Å². The molecule has 1 amide bonds. The number of aliphatic hydroxyl groups is 1. The first-order chi connectivity index (χ1) is 12.7. The number of carbonyl (C=O) groups excluding carboxylic acids is 1. The number of nitrogens with zero attached hydrogens (tertiary/aromatic N) is 2. The van der Waals surface area contributed by atoms with Gasteiger partial charge in [0.15, 0.2) is 0 Å². The number of hydrogen-bond acceptors (Lipinski definition) is 3. The van der Waals surface area contributed by atoms with Crippen molar-refractivity contribution in [1.82, 2.24) is 14.9 Å². The normalized spacial score (nSPS) is 12.2. The Bertz CT molecular complexity index is 841. The Kier molecular flexibility index (Phi) is 5.96. The van der Waals surface area contributed by atoms with Gasteiger partial charge in [-0.1, -0.05) is 42.5 Å². The first-order valence-electron chi connectivity index (χ1n) is 8.47. The molecule has 5 nitrogen and oxygen atoms in total. The molecule has 0 bridgehead atoms. The average Bonchev–Trinajstić information content (AvgIpc) is 3.21. The molecule has 1 unspecified atom stereocenters. The van der Waals surface area contributed by atoms with E-state index in [-0.39, 0.29) is 12.5 Å². The van der Waals surface area contributed by atoms with E-state index in [0.29, 0.717) is 6.42 Å². The second-order valence-corrected chi connectivity index (χ2v) is 5.98. The molecule has 0 aliphatic rings. The smallest absolute Gasteiger partial charge is 0.244 e. The molecular weight excluding hydrogens is 326 g/mol. The van der Waals surface area contributed by atoms with Gasteiger partial charge in [-0.2, -0.15) is 0 Å². The molecule has 0 spiro atoms. The van der Waals surface area contributed by atoms with Gasteiger partial charge >= 0.3 is 0 Å². The molecule has 1 heterocycles. The third kappa shape index (κ3) is 5.16. The molecule has 5 heteroatoms. The minimum absolute atomic E-state index is 0.220. The summed E-state index contributed by atoms with van der Waals surface area (Å²) in [6, 6.07) is 17.5. The summed E-state index contributed by atoms with van der Waals surface area (Å²) in [4.78, 5) is 15.9. The lowest BCUT2D eigenvalue weighted by atomic mass is 10.1. The van der Waals surface area contributed by atoms with Crippen molar-refractivity contribution in [1.29, 1.82) is 0 Å². The van der Waals surface area contributed by atoms with Gasteiger partial charge < -0.3 is 15.0 Å². The topological polar surface area (TPSA) is 67.2 Å². The van der Waals surface area contributed by atoms with Gasteiger partial charge in [-0.15, -0.1) is 0 Å². The number of hydrogen-bond donors (Lipinski definition) is 2. The van der Waals surface area contributed by atoms with Crippen molar-refractivity contribution in [3.63, 3.8) is 0 Å². The molecule has 1 aromatic heterocycles. The fourth-order valence-electron chi connectivity index (χ4n) is 2.58. The van der Waals surface area contributed by atoms with E-state index in [4.69, 9.17) is 0 Å². The fourth-order valence-corrected chi connectivity index (χ4v) is 2.58. The number of aromatic nitrogens is 2. The Balaban J connectivity index is 1.47. The van der Waals surface area contributed by atoms with Crippen LogP contribution in [0.2, 0.25) is 0 Å². The molecule has 0 saturated carbocycles. The highest BCUT2D eigenvalue weighted by atomic mass is 16.3. The Morgan fingerprint density at radius 2 is 1.92 bits per heavy atom. The van der Waals surface area contributed by atoms with Crippen molar-refractivity contribution in [3.05, 3.63) is 90.5 Å². The number of imidazole rings is 1. The van der Waals surface area contributed by atoms with Crippen LogP contribution in [0.4, 0.5) is 0 Å². The lowest BCUT2D eigenvalue weighted by Crippen LogP contribution is -2.32. The van der Waals surface area contributed by atoms with Gasteiger partial charge in [0.25, 0.3) is 0 Å². The Hall–Kier alpha value is -3.18. The number of amides is 1. The van der Waals surface area contributed by atoms with E-state index >= 15 is 0 Å². The van der Waals surface area contributed by atoms with E-state index in [2.05, 4.69) is 10.3 Å². The molecule has 3 rings (SSSR count). The summed E-state index contributed by atoms with van der Waals surface area (Å²) in [5.74, 6) is -0.226. The van der Waals surface area contributed by atoms with Gasteiger partial charge in [-0.25, -0.2) is 4.98 Å². The van der Waals surface area contributed by atoms with Crippen molar-refractivity contribution >= 4 is 12.0 Å². The fraction of sp³-hybridized carbons (Fsp3) is 0.143. The molecule has 0 aliphatic carbocycles. The van der Waals surface area contributed by atoms with Gasteiger partial charge in [0.1, 0.15) is 0 Å². The Morgan fingerprint density at radius 3 is 2.62 bits per heavy atom. The lowest BCUT2D eigenvalue weighted by Gasteiger charge is -2.10. The van der Waals surface area contributed by atoms with Gasteiger partial charge in [-0.3, -0.25) is 4.79 Å². The molecular formula is C21H21N3O2. The summed E-state index contributed by atoms with van der Waals surface area (Å²) in [6.07, 6.45) is 8.46. The van der Waals surface area contributed by atoms with E-state index < -0.39 is 6.10 Å². The van der Waals surface area contributed by atoms with Crippen LogP contribution in [0.3, 0.4) is 0 Å². The molecule has 0 fully saturated rings. The van der Waals surface area contributed by atoms with E-state index in [1.165, 1.54) is 6.08 Å². The van der Waals surface area contributed by atoms with Gasteiger partial charge in [0.05, 0.1) is 12.4 Å². The third-order valence-corrected chi connectivity index (χ3v) is 3.95. The monoisotopic (exact) mass is 347 g/mol. The van der Waals surface area contributed by atoms with Crippen molar-refractivity contribution in [2.24, 2.45) is 0 Å². The standard InChI is InChI=1S/C21H21N3O2/c25-20(14-18-4-2-1-3-5-18)15-23-21(26)11-8-17-6-9-19(10-7-17)24-13-12-22-16-24/h1-13,16,20,25H,14-15H2,(H,23,26)/b11-8+. The van der Waals surface area contributed by atoms with E-state index in [1.807, 2.05) is 65.4 Å². The molecule has 0 saturated heterocycles. The van der Waals surface area contributed by atoms with Crippen LogP contribution in [0.1, 0.15) is 11.1 Å². The van der Waals surface area contributed by atoms with Crippen LogP contribution in [-0.2, 0) is 11.2 Å². The first kappa shape index (κ1) is 17.6. The lowest BCUT2D eigenvalue weighted by molar-refractivity contribution is -0.116. The number of nitrogens with one attached hydrogen (secondary N) is 1. The number of aliphatic hydroxyl groups excluding tert-OH is 1. The second kappa shape index (κ2) is 8.78. The van der Waals surface area contributed by atoms with Crippen LogP contribution in [0.15, 0.2) is 79.4 Å². The molecule has 1 atom stereocenters. The predicted octanol–water partition coefficient (Wildman–Crippen LogP) is 2.61. The zero-order chi connectivity index (χ0) is 18.2. The summed E-state index contributed by atoms with van der Waals surface area (Å²) in [5.41, 5.74) is 2.98. The van der Waals surface area contributed by atoms with Crippen molar-refractivity contribution in [2.75, 3.05) is 6.54 Å². The number of carbonyl (C=O) groups is 1. The highest BCUT2D eigenvalue weighted by molar-refractivity contribution is 5.91. The second-order valence-electron chi connectivity index (χ2n) is 5.98. The highest BCUT2D eigenvalue weighted by Crippen LogP contribution is 2.10. The van der Waals surface area contributed by atoms with Crippen LogP contribution < -0.4 is 5.32 Å². The largest absolute Gasteiger partial charge is 0.391 e. The van der Waals surface area contributed by atoms with Crippen LogP contribution in [0.5, 0.6) is 0 Å². The molecule has 2 aromatic carbocycles. The van der Waals surface area contributed by atoms with E-state index in [0.717, 1.165) is 16.8 Å². The van der Waals surface area contributed by atoms with Gasteiger partial charge in [-0.05, 0) is 29.3 Å². The quantitative estimate of drug-likeness (QED) is 0.646. The summed E-state index contributed by atoms with van der Waals surface area (Å²) in [7, 11) is 0. The van der Waals surface area contributed by atoms with Crippen LogP contribution in [0.25, 0.3) is 11.8 Å². The van der Waals surface area contributed by atoms with Crippen LogP contribution >= 0.6 is 0 Å². The summed E-state index contributed by atoms with van der Waals surface area (Å²) < 4.78 is 1.91. The number of rotatable bonds is 7. The third-order valence-electron chi connectivity index (χ3n) is 3.95. The maximum Gasteiger partial charge on any atom is 0.244 e. The summed E-state index contributed by atoms with van der Waals surface area (Å²) in [6.45, 7) is 0.220. The van der Waals surface area contributed by atoms with Crippen LogP contribution in [-0.4, -0.2) is 33.2 Å². The molecule has 3 aromatic rings. The SMILES string of the molecule is O=C(/C=C/c1ccc(-n2ccnc2)cc1)NCC(O)Cc1ccccc1. The molecule has 0 radical (unpaired) electrons. The minimum atomic E-state index is -0.607. The first-order valence-corrected chi connectivity index (χ1v) is 8.47. The van der Waals surface area contributed by atoms with Gasteiger partial charge in [0.2, 0.25) is 5.91 Å². The molecule has 0 aliphatic heterocycles. The zero-order valence-electron chi connectivity index (χ0n) is 14.3. The van der Waals surface area contributed by atoms with Crippen molar-refractivity contribution in [2.45, 2.75) is 12.5 Å². The number of benzene rings is 2. The van der Waals surface area contributed by atoms with E-state index in [9.17, 15) is 9.90 Å². The Morgan fingerprint density at radius 1 is 1.15 bits per heavy atom.